The zero-order valence-corrected chi connectivity index (χ0v) is 14.1. The number of carbonyl (C=O) groups is 1. The molecule has 0 heterocycles. The van der Waals surface area contributed by atoms with Crippen molar-refractivity contribution in [2.24, 2.45) is 0 Å². The first-order valence-corrected chi connectivity index (χ1v) is 8.20. The number of hydrogen-bond acceptors (Lipinski definition) is 2. The molecule has 0 saturated heterocycles. The van der Waals surface area contributed by atoms with Gasteiger partial charge < -0.3 is 10.1 Å². The Hall–Kier alpha value is -2.00. The van der Waals surface area contributed by atoms with Gasteiger partial charge in [-0.2, -0.15) is 0 Å². The number of nitrogens with one attached hydrogen (secondary N) is 1. The summed E-state index contributed by atoms with van der Waals surface area (Å²) in [5, 5.41) is 3.68. The highest BCUT2D eigenvalue weighted by atomic mass is 35.5. The fourth-order valence-electron chi connectivity index (χ4n) is 2.35. The Morgan fingerprint density at radius 3 is 2.52 bits per heavy atom. The van der Waals surface area contributed by atoms with E-state index in [0.717, 1.165) is 29.2 Å². The second-order valence-corrected chi connectivity index (χ2v) is 5.80. The molecular formula is C19H22ClNO2. The largest absolute Gasteiger partial charge is 0.497 e. The maximum atomic E-state index is 11.9. The number of rotatable bonds is 8. The van der Waals surface area contributed by atoms with Crippen molar-refractivity contribution in [3.8, 4) is 5.75 Å². The average Bonchev–Trinajstić information content (AvgIpc) is 2.58. The number of halogens is 1. The van der Waals surface area contributed by atoms with Crippen LogP contribution < -0.4 is 10.1 Å². The Kier molecular flexibility index (Phi) is 6.95. The lowest BCUT2D eigenvalue weighted by atomic mass is 10.1. The van der Waals surface area contributed by atoms with Gasteiger partial charge in [-0.05, 0) is 48.6 Å². The van der Waals surface area contributed by atoms with Crippen LogP contribution in [-0.2, 0) is 17.6 Å². The van der Waals surface area contributed by atoms with Crippen LogP contribution in [0.1, 0.15) is 24.0 Å². The molecule has 23 heavy (non-hydrogen) atoms. The summed E-state index contributed by atoms with van der Waals surface area (Å²) in [4.78, 5) is 11.9. The van der Waals surface area contributed by atoms with E-state index in [4.69, 9.17) is 16.3 Å². The first-order chi connectivity index (χ1) is 11.2. The Labute approximate surface area is 142 Å². The predicted octanol–water partition coefficient (Wildman–Crippen LogP) is 4.03. The molecule has 0 aromatic heterocycles. The average molecular weight is 332 g/mol. The summed E-state index contributed by atoms with van der Waals surface area (Å²) >= 11 is 6.08. The number of benzene rings is 2. The number of methoxy groups -OCH3 is 1. The third kappa shape index (κ3) is 5.95. The lowest BCUT2D eigenvalue weighted by Gasteiger charge is -2.07. The highest BCUT2D eigenvalue weighted by Gasteiger charge is 2.04. The number of amides is 1. The maximum Gasteiger partial charge on any atom is 0.220 e. The Balaban J connectivity index is 1.63. The van der Waals surface area contributed by atoms with Crippen LogP contribution in [0.25, 0.3) is 0 Å². The molecular weight excluding hydrogens is 310 g/mol. The molecule has 2 aromatic carbocycles. The third-order valence-corrected chi connectivity index (χ3v) is 4.07. The van der Waals surface area contributed by atoms with Gasteiger partial charge in [-0.1, -0.05) is 41.9 Å². The molecule has 122 valence electrons. The monoisotopic (exact) mass is 331 g/mol. The van der Waals surface area contributed by atoms with Gasteiger partial charge in [0.15, 0.2) is 0 Å². The van der Waals surface area contributed by atoms with Gasteiger partial charge in [0.25, 0.3) is 0 Å². The molecule has 3 nitrogen and oxygen atoms in total. The highest BCUT2D eigenvalue weighted by molar-refractivity contribution is 6.31. The first kappa shape index (κ1) is 17.4. The molecule has 0 aliphatic carbocycles. The van der Waals surface area contributed by atoms with E-state index in [1.54, 1.807) is 7.11 Å². The van der Waals surface area contributed by atoms with E-state index < -0.39 is 0 Å². The van der Waals surface area contributed by atoms with Gasteiger partial charge in [-0.3, -0.25) is 4.79 Å². The van der Waals surface area contributed by atoms with Crippen molar-refractivity contribution in [3.05, 3.63) is 64.7 Å². The van der Waals surface area contributed by atoms with E-state index in [1.165, 1.54) is 5.56 Å². The van der Waals surface area contributed by atoms with Crippen LogP contribution in [0, 0.1) is 0 Å². The zero-order valence-electron chi connectivity index (χ0n) is 13.3. The molecule has 2 aromatic rings. The van der Waals surface area contributed by atoms with Crippen molar-refractivity contribution in [1.29, 1.82) is 0 Å². The number of aryl methyl sites for hydroxylation is 2. The predicted molar refractivity (Wildman–Crippen MR) is 94.1 cm³/mol. The first-order valence-electron chi connectivity index (χ1n) is 7.82. The second kappa shape index (κ2) is 9.21. The third-order valence-electron chi connectivity index (χ3n) is 3.70. The molecule has 0 atom stereocenters. The van der Waals surface area contributed by atoms with E-state index in [2.05, 4.69) is 17.4 Å². The lowest BCUT2D eigenvalue weighted by Crippen LogP contribution is -2.25. The van der Waals surface area contributed by atoms with Crippen LogP contribution in [-0.4, -0.2) is 19.6 Å². The SMILES string of the molecule is COc1ccc(CCCNC(=O)CCc2ccccc2Cl)cc1. The summed E-state index contributed by atoms with van der Waals surface area (Å²) in [7, 11) is 1.66. The van der Waals surface area contributed by atoms with Crippen molar-refractivity contribution in [2.45, 2.75) is 25.7 Å². The summed E-state index contributed by atoms with van der Waals surface area (Å²) in [6, 6.07) is 15.7. The maximum absolute atomic E-state index is 11.9. The summed E-state index contributed by atoms with van der Waals surface area (Å²) in [5.41, 5.74) is 2.26. The Bertz CT molecular complexity index is 626. The van der Waals surface area contributed by atoms with E-state index in [-0.39, 0.29) is 5.91 Å². The van der Waals surface area contributed by atoms with Gasteiger partial charge in [0.2, 0.25) is 5.91 Å². The highest BCUT2D eigenvalue weighted by Crippen LogP contribution is 2.16. The summed E-state index contributed by atoms with van der Waals surface area (Å²) in [6.45, 7) is 0.688. The van der Waals surface area contributed by atoms with Crippen LogP contribution in [0.15, 0.2) is 48.5 Å². The molecule has 0 aliphatic rings. The molecule has 0 bridgehead atoms. The fourth-order valence-corrected chi connectivity index (χ4v) is 2.58. The molecule has 0 saturated carbocycles. The van der Waals surface area contributed by atoms with Gasteiger partial charge >= 0.3 is 0 Å². The normalized spacial score (nSPS) is 10.3. The van der Waals surface area contributed by atoms with Crippen LogP contribution in [0.3, 0.4) is 0 Å². The molecule has 0 unspecified atom stereocenters. The summed E-state index contributed by atoms with van der Waals surface area (Å²) in [5.74, 6) is 0.932. The van der Waals surface area contributed by atoms with Gasteiger partial charge in [0.05, 0.1) is 7.11 Å². The molecule has 1 amide bonds. The molecule has 4 heteroatoms. The van der Waals surface area contributed by atoms with E-state index in [0.29, 0.717) is 19.4 Å². The topological polar surface area (TPSA) is 38.3 Å². The van der Waals surface area contributed by atoms with Crippen LogP contribution in [0.2, 0.25) is 5.02 Å². The Morgan fingerprint density at radius 2 is 1.83 bits per heavy atom. The summed E-state index contributed by atoms with van der Waals surface area (Å²) in [6.07, 6.45) is 3.00. The quantitative estimate of drug-likeness (QED) is 0.742. The minimum atomic E-state index is 0.0691. The van der Waals surface area contributed by atoms with Crippen molar-refractivity contribution >= 4 is 17.5 Å². The van der Waals surface area contributed by atoms with E-state index in [1.807, 2.05) is 36.4 Å². The Morgan fingerprint density at radius 1 is 1.09 bits per heavy atom. The molecule has 2 rings (SSSR count). The van der Waals surface area contributed by atoms with Crippen molar-refractivity contribution in [2.75, 3.05) is 13.7 Å². The number of ether oxygens (including phenoxy) is 1. The number of carbonyl (C=O) groups excluding carboxylic acids is 1. The smallest absolute Gasteiger partial charge is 0.220 e. The van der Waals surface area contributed by atoms with Gasteiger partial charge in [-0.15, -0.1) is 0 Å². The minimum Gasteiger partial charge on any atom is -0.497 e. The van der Waals surface area contributed by atoms with Gasteiger partial charge in [0.1, 0.15) is 5.75 Å². The summed E-state index contributed by atoms with van der Waals surface area (Å²) < 4.78 is 5.13. The van der Waals surface area contributed by atoms with Crippen LogP contribution in [0.4, 0.5) is 0 Å². The zero-order chi connectivity index (χ0) is 16.5. The van der Waals surface area contributed by atoms with E-state index >= 15 is 0 Å². The van der Waals surface area contributed by atoms with Crippen molar-refractivity contribution in [3.63, 3.8) is 0 Å². The molecule has 0 aliphatic heterocycles. The fraction of sp³-hybridized carbons (Fsp3) is 0.316. The van der Waals surface area contributed by atoms with Crippen LogP contribution >= 0.6 is 11.6 Å². The minimum absolute atomic E-state index is 0.0691. The lowest BCUT2D eigenvalue weighted by molar-refractivity contribution is -0.121. The number of hydrogen-bond donors (Lipinski definition) is 1. The van der Waals surface area contributed by atoms with Crippen LogP contribution in [0.5, 0.6) is 5.75 Å². The molecule has 0 radical (unpaired) electrons. The standard InChI is InChI=1S/C19H22ClNO2/c1-23-17-11-8-15(9-12-17)5-4-14-21-19(22)13-10-16-6-2-3-7-18(16)20/h2-3,6-9,11-12H,4-5,10,13-14H2,1H3,(H,21,22). The van der Waals surface area contributed by atoms with E-state index in [9.17, 15) is 4.79 Å². The van der Waals surface area contributed by atoms with Crippen molar-refractivity contribution < 1.29 is 9.53 Å². The second-order valence-electron chi connectivity index (χ2n) is 5.39. The van der Waals surface area contributed by atoms with Gasteiger partial charge in [0, 0.05) is 18.0 Å². The molecule has 0 fully saturated rings. The molecule has 1 N–H and O–H groups in total. The van der Waals surface area contributed by atoms with Gasteiger partial charge in [-0.25, -0.2) is 0 Å². The van der Waals surface area contributed by atoms with Crippen molar-refractivity contribution in [1.82, 2.24) is 5.32 Å². The molecule has 0 spiro atoms.